The number of nitrogens with zero attached hydrogens (tertiary/aromatic N) is 6. The quantitative estimate of drug-likeness (QED) is 0.0603. The summed E-state index contributed by atoms with van der Waals surface area (Å²) >= 11 is 0. The van der Waals surface area contributed by atoms with Crippen LogP contribution < -0.4 is 10.6 Å². The van der Waals surface area contributed by atoms with Crippen molar-refractivity contribution >= 4 is 47.3 Å². The predicted octanol–water partition coefficient (Wildman–Crippen LogP) is 1.86. The van der Waals surface area contributed by atoms with Crippen LogP contribution >= 0.6 is 0 Å². The summed E-state index contributed by atoms with van der Waals surface area (Å²) in [5, 5.41) is 44.2. The van der Waals surface area contributed by atoms with E-state index in [-0.39, 0.29) is 127 Å². The van der Waals surface area contributed by atoms with Crippen molar-refractivity contribution < 1.29 is 58.8 Å². The normalized spacial score (nSPS) is 19.3. The monoisotopic (exact) mass is 981 g/mol. The van der Waals surface area contributed by atoms with Crippen LogP contribution in [-0.2, 0) is 38.4 Å². The second-order valence-corrected chi connectivity index (χ2v) is 19.1. The van der Waals surface area contributed by atoms with Gasteiger partial charge >= 0.3 is 23.9 Å². The van der Waals surface area contributed by atoms with Crippen LogP contribution in [0.5, 0.6) is 0 Å². The maximum absolute atomic E-state index is 13.6. The molecule has 0 radical (unpaired) electrons. The van der Waals surface area contributed by atoms with Gasteiger partial charge in [0.05, 0.1) is 38.6 Å². The van der Waals surface area contributed by atoms with Gasteiger partial charge < -0.3 is 36.0 Å². The van der Waals surface area contributed by atoms with Crippen molar-refractivity contribution in [2.24, 2.45) is 11.8 Å². The highest BCUT2D eigenvalue weighted by Gasteiger charge is 2.32. The summed E-state index contributed by atoms with van der Waals surface area (Å²) in [7, 11) is 0. The van der Waals surface area contributed by atoms with Gasteiger partial charge in [-0.05, 0) is 82.5 Å². The fourth-order valence-electron chi connectivity index (χ4n) is 9.43. The molecule has 1 aromatic rings. The number of nitrogens with one attached hydrogen (secondary N) is 2. The molecule has 3 saturated heterocycles. The summed E-state index contributed by atoms with van der Waals surface area (Å²) in [6.45, 7) is 5.85. The van der Waals surface area contributed by atoms with Crippen molar-refractivity contribution in [3.63, 3.8) is 0 Å². The number of carboxylic acids is 4. The van der Waals surface area contributed by atoms with Crippen molar-refractivity contribution in [2.75, 3.05) is 105 Å². The number of amides is 2. The number of unbranched alkanes of at least 4 members (excludes halogenated alkanes) is 4. The minimum Gasteiger partial charge on any atom is -0.481 e. The van der Waals surface area contributed by atoms with E-state index in [9.17, 15) is 58.8 Å². The number of carbonyl (C=O) groups is 8. The Labute approximate surface area is 411 Å². The lowest BCUT2D eigenvalue weighted by Crippen LogP contribution is -2.53. The first-order valence-corrected chi connectivity index (χ1v) is 25.1. The smallest absolute Gasteiger partial charge is 0.317 e. The van der Waals surface area contributed by atoms with Crippen LogP contribution in [0.2, 0.25) is 0 Å². The second kappa shape index (κ2) is 31.1. The van der Waals surface area contributed by atoms with Crippen LogP contribution in [0, 0.1) is 23.7 Å². The van der Waals surface area contributed by atoms with E-state index < -0.39 is 35.8 Å². The predicted molar refractivity (Wildman–Crippen MR) is 259 cm³/mol. The summed E-state index contributed by atoms with van der Waals surface area (Å²) in [5.74, 6) is 1.34. The molecule has 388 valence electrons. The van der Waals surface area contributed by atoms with E-state index in [0.717, 1.165) is 58.0 Å². The summed E-state index contributed by atoms with van der Waals surface area (Å²) in [5.41, 5.74) is 1.26. The van der Waals surface area contributed by atoms with E-state index in [2.05, 4.69) is 27.5 Å². The minimum atomic E-state index is -1.04. The highest BCUT2D eigenvalue weighted by Crippen LogP contribution is 2.29. The number of aliphatic carboxylic acids is 4. The fraction of sp³-hybridized carbons (Fsp3) is 0.700. The highest BCUT2D eigenvalue weighted by atomic mass is 16.4. The highest BCUT2D eigenvalue weighted by molar-refractivity contribution is 5.88. The number of carbonyl (C=O) groups excluding carboxylic acids is 4. The molecule has 0 spiro atoms. The van der Waals surface area contributed by atoms with Crippen LogP contribution in [0.4, 0.5) is 0 Å². The topological polar surface area (TPSA) is 271 Å². The first-order chi connectivity index (χ1) is 33.6. The molecular weight excluding hydrogens is 905 g/mol. The Bertz CT molecular complexity index is 1940. The van der Waals surface area contributed by atoms with E-state index in [1.54, 1.807) is 40.1 Å². The van der Waals surface area contributed by atoms with Crippen molar-refractivity contribution in [3.8, 4) is 11.8 Å². The van der Waals surface area contributed by atoms with Gasteiger partial charge in [-0.2, -0.15) is 0 Å². The van der Waals surface area contributed by atoms with Gasteiger partial charge in [0.2, 0.25) is 11.8 Å². The lowest BCUT2D eigenvalue weighted by atomic mass is 9.84. The van der Waals surface area contributed by atoms with Gasteiger partial charge in [0.1, 0.15) is 5.78 Å². The van der Waals surface area contributed by atoms with Crippen LogP contribution in [0.25, 0.3) is 0 Å². The number of hydrogen-bond acceptors (Lipinski definition) is 14. The zero-order valence-corrected chi connectivity index (χ0v) is 41.0. The van der Waals surface area contributed by atoms with Crippen LogP contribution in [0.3, 0.4) is 0 Å². The molecule has 0 aromatic carbocycles. The Morgan fingerprint density at radius 1 is 0.729 bits per heavy atom. The largest absolute Gasteiger partial charge is 0.481 e. The molecule has 20 heteroatoms. The van der Waals surface area contributed by atoms with Crippen LogP contribution in [0.15, 0.2) is 18.5 Å². The van der Waals surface area contributed by atoms with Crippen molar-refractivity contribution in [1.82, 2.24) is 40.1 Å². The molecule has 4 rings (SSSR count). The number of hydrogen-bond donors (Lipinski definition) is 6. The van der Waals surface area contributed by atoms with Crippen molar-refractivity contribution in [2.45, 2.75) is 109 Å². The number of aromatic nitrogens is 1. The maximum Gasteiger partial charge on any atom is 0.317 e. The molecule has 20 nitrogen and oxygen atoms in total. The molecule has 3 aliphatic heterocycles. The molecule has 0 bridgehead atoms. The Balaban J connectivity index is 1.18. The molecule has 1 unspecified atom stereocenters. The summed E-state index contributed by atoms with van der Waals surface area (Å²) in [6, 6.07) is 1.10. The van der Waals surface area contributed by atoms with Crippen LogP contribution in [-0.4, -0.2) is 208 Å². The Kier molecular flexibility index (Phi) is 25.4. The molecule has 3 atom stereocenters. The third-order valence-electron chi connectivity index (χ3n) is 13.6. The molecule has 70 heavy (non-hydrogen) atoms. The third kappa shape index (κ3) is 22.2. The molecule has 4 heterocycles. The number of Topliss-reactive ketones (excluding diaryl/α,β-unsaturated/α-hetero) is 2. The molecule has 6 N–H and O–H groups in total. The third-order valence-corrected chi connectivity index (χ3v) is 13.6. The summed E-state index contributed by atoms with van der Waals surface area (Å²) < 4.78 is 0. The minimum absolute atomic E-state index is 0.0333. The number of pyridine rings is 1. The maximum atomic E-state index is 13.6. The first-order valence-electron chi connectivity index (χ1n) is 25.1. The first kappa shape index (κ1) is 57.3. The van der Waals surface area contributed by atoms with Gasteiger partial charge in [0, 0.05) is 121 Å². The Morgan fingerprint density at radius 2 is 1.33 bits per heavy atom. The van der Waals surface area contributed by atoms with Gasteiger partial charge in [-0.3, -0.25) is 62.9 Å². The number of rotatable bonds is 25. The van der Waals surface area contributed by atoms with E-state index >= 15 is 0 Å². The van der Waals surface area contributed by atoms with Gasteiger partial charge in [-0.25, -0.2) is 0 Å². The van der Waals surface area contributed by atoms with Gasteiger partial charge in [-0.1, -0.05) is 24.7 Å². The number of carboxylic acid groups (broad SMARTS) is 4. The molecule has 3 aliphatic rings. The van der Waals surface area contributed by atoms with E-state index in [0.29, 0.717) is 55.8 Å². The zero-order valence-electron chi connectivity index (χ0n) is 41.0. The lowest BCUT2D eigenvalue weighted by molar-refractivity contribution is -0.140. The van der Waals surface area contributed by atoms with Gasteiger partial charge in [0.25, 0.3) is 0 Å². The average molecular weight is 981 g/mol. The SMILES string of the molecule is CC(C(=O)NCC(=O)CCCCCCC#Cc1cncc([C@H](CC(=O)O)CC(=O)[C@@H]2CCCN(C(=O)CCC3CCNCC3)C2)c1)N1CCN(CC(=O)O)CCN(CC(=O)O)CCN(CC(=O)O)CC1. The van der Waals surface area contributed by atoms with Crippen molar-refractivity contribution in [1.29, 1.82) is 0 Å². The number of likely N-dealkylation sites (tertiary alicyclic amines) is 1. The van der Waals surface area contributed by atoms with Gasteiger partial charge in [-0.15, -0.1) is 0 Å². The van der Waals surface area contributed by atoms with E-state index in [1.165, 1.54) is 0 Å². The molecule has 0 saturated carbocycles. The number of piperidine rings is 2. The molecular formula is C50H76N8O12. The molecule has 3 fully saturated rings. The van der Waals surface area contributed by atoms with Crippen LogP contribution in [0.1, 0.15) is 114 Å². The summed E-state index contributed by atoms with van der Waals surface area (Å²) in [4.78, 5) is 112. The van der Waals surface area contributed by atoms with E-state index in [4.69, 9.17) is 0 Å². The zero-order chi connectivity index (χ0) is 50.8. The van der Waals surface area contributed by atoms with Gasteiger partial charge in [0.15, 0.2) is 5.78 Å². The fourth-order valence-corrected chi connectivity index (χ4v) is 9.43. The average Bonchev–Trinajstić information content (AvgIpc) is 3.32. The molecule has 2 amide bonds. The Morgan fingerprint density at radius 3 is 1.93 bits per heavy atom. The second-order valence-electron chi connectivity index (χ2n) is 19.1. The van der Waals surface area contributed by atoms with Crippen molar-refractivity contribution in [3.05, 3.63) is 29.6 Å². The number of ketones is 2. The lowest BCUT2D eigenvalue weighted by Gasteiger charge is -2.35. The molecule has 1 aromatic heterocycles. The Hall–Kier alpha value is -5.33. The standard InChI is InChI=1S/C50H76N8O12/c1-37(57-25-23-55(35-48(66)67)21-19-54(34-47(64)65)20-22-56(24-26-57)36-49(68)69)50(70)53-32-43(59)11-7-5-3-2-4-6-9-39-27-42(31-52-30-39)41(29-46(62)63)28-44(60)40-10-8-18-58(33-40)45(61)13-12-38-14-16-51-17-15-38/h27,30-31,37-38,40-41,51H,2-5,7-8,10-26,28-29,32-36H2,1H3,(H,53,70)(H,62,63)(H,64,65)(H,66,67)(H,68,69)/t37?,40-,41+/m1/s1. The molecule has 0 aliphatic carbocycles. The summed E-state index contributed by atoms with van der Waals surface area (Å²) in [6.07, 6.45) is 11.9. The van der Waals surface area contributed by atoms with E-state index in [1.807, 2.05) is 9.80 Å².